The Kier molecular flexibility index (Phi) is 4.83. The Balaban J connectivity index is 2.24. The molecule has 2 rings (SSSR count). The molecule has 0 aliphatic carbocycles. The van der Waals surface area contributed by atoms with E-state index < -0.39 is 0 Å². The van der Waals surface area contributed by atoms with E-state index >= 15 is 0 Å². The summed E-state index contributed by atoms with van der Waals surface area (Å²) < 4.78 is 15.7. The molecule has 0 unspecified atom stereocenters. The molecule has 1 aromatic carbocycles. The van der Waals surface area contributed by atoms with Crippen LogP contribution in [-0.4, -0.2) is 44.6 Å². The monoisotopic (exact) mass is 303 g/mol. The molecule has 0 saturated heterocycles. The molecule has 0 N–H and O–H groups in total. The van der Waals surface area contributed by atoms with E-state index in [4.69, 9.17) is 14.2 Å². The number of benzene rings is 1. The van der Waals surface area contributed by atoms with Crippen molar-refractivity contribution in [1.82, 2.24) is 4.90 Å². The number of carbonyl (C=O) groups excluding carboxylic acids is 2. The van der Waals surface area contributed by atoms with Crippen LogP contribution in [0.2, 0.25) is 0 Å². The van der Waals surface area contributed by atoms with E-state index in [1.54, 1.807) is 24.3 Å². The number of carbonyl (C=O) groups is 2. The summed E-state index contributed by atoms with van der Waals surface area (Å²) in [6, 6.07) is 3.43. The second-order valence-electron chi connectivity index (χ2n) is 4.48. The van der Waals surface area contributed by atoms with Crippen molar-refractivity contribution in [2.75, 3.05) is 27.9 Å². The minimum Gasteiger partial charge on any atom is -0.493 e. The van der Waals surface area contributed by atoms with Crippen molar-refractivity contribution in [3.63, 3.8) is 0 Å². The first-order valence-corrected chi connectivity index (χ1v) is 6.60. The van der Waals surface area contributed by atoms with Crippen LogP contribution in [0, 0.1) is 0 Å². The predicted octanol–water partition coefficient (Wildman–Crippen LogP) is 1.65. The Morgan fingerprint density at radius 2 is 1.77 bits per heavy atom. The van der Waals surface area contributed by atoms with E-state index in [0.717, 1.165) is 4.90 Å². The topological polar surface area (TPSA) is 65.1 Å². The summed E-state index contributed by atoms with van der Waals surface area (Å²) in [5.74, 6) is 0.788. The van der Waals surface area contributed by atoms with Crippen LogP contribution in [-0.2, 0) is 9.59 Å². The van der Waals surface area contributed by atoms with Gasteiger partial charge in [0.05, 0.1) is 21.3 Å². The van der Waals surface area contributed by atoms with Gasteiger partial charge in [-0.05, 0) is 23.8 Å². The first-order valence-electron chi connectivity index (χ1n) is 6.60. The highest BCUT2D eigenvalue weighted by Gasteiger charge is 2.20. The molecule has 0 radical (unpaired) electrons. The highest BCUT2D eigenvalue weighted by molar-refractivity contribution is 6.08. The summed E-state index contributed by atoms with van der Waals surface area (Å²) in [5, 5.41) is 0. The number of amides is 2. The summed E-state index contributed by atoms with van der Waals surface area (Å²) in [7, 11) is 4.56. The van der Waals surface area contributed by atoms with Gasteiger partial charge >= 0.3 is 0 Å². The predicted molar refractivity (Wildman–Crippen MR) is 81.0 cm³/mol. The highest BCUT2D eigenvalue weighted by atomic mass is 16.5. The first kappa shape index (κ1) is 15.6. The maximum atomic E-state index is 12.0. The third-order valence-electron chi connectivity index (χ3n) is 3.19. The minimum atomic E-state index is -0.372. The zero-order chi connectivity index (χ0) is 16.1. The molecule has 6 heteroatoms. The smallest absolute Gasteiger partial charge is 0.253 e. The summed E-state index contributed by atoms with van der Waals surface area (Å²) in [4.78, 5) is 24.5. The molecule has 0 fully saturated rings. The Morgan fingerprint density at radius 1 is 1.14 bits per heavy atom. The third-order valence-corrected chi connectivity index (χ3v) is 3.19. The summed E-state index contributed by atoms with van der Waals surface area (Å²) in [5.41, 5.74) is 0.697. The van der Waals surface area contributed by atoms with Crippen LogP contribution in [0.25, 0.3) is 6.08 Å². The Hall–Kier alpha value is -2.76. The molecule has 6 nitrogen and oxygen atoms in total. The summed E-state index contributed by atoms with van der Waals surface area (Å²) in [6.07, 6.45) is 5.96. The number of ether oxygens (including phenoxy) is 3. The number of methoxy groups -OCH3 is 3. The van der Waals surface area contributed by atoms with Crippen molar-refractivity contribution in [2.24, 2.45) is 0 Å². The minimum absolute atomic E-state index is 0.303. The molecule has 22 heavy (non-hydrogen) atoms. The van der Waals surface area contributed by atoms with Gasteiger partial charge in [0.2, 0.25) is 5.75 Å². The normalized spacial score (nSPS) is 13.8. The molecule has 0 saturated carbocycles. The van der Waals surface area contributed by atoms with Crippen LogP contribution in [0.1, 0.15) is 5.56 Å². The lowest BCUT2D eigenvalue weighted by molar-refractivity contribution is -0.137. The zero-order valence-electron chi connectivity index (χ0n) is 12.7. The number of imide groups is 1. The average molecular weight is 303 g/mol. The number of rotatable bonds is 5. The maximum absolute atomic E-state index is 12.0. The Bertz CT molecular complexity index is 623. The van der Waals surface area contributed by atoms with Gasteiger partial charge in [-0.3, -0.25) is 14.5 Å². The van der Waals surface area contributed by atoms with Gasteiger partial charge in [0.15, 0.2) is 11.5 Å². The van der Waals surface area contributed by atoms with E-state index in [2.05, 4.69) is 0 Å². The van der Waals surface area contributed by atoms with Crippen LogP contribution in [0.3, 0.4) is 0 Å². The van der Waals surface area contributed by atoms with Crippen molar-refractivity contribution in [3.05, 3.63) is 35.9 Å². The fourth-order valence-electron chi connectivity index (χ4n) is 2.09. The second kappa shape index (κ2) is 6.80. The van der Waals surface area contributed by atoms with Crippen molar-refractivity contribution in [1.29, 1.82) is 0 Å². The van der Waals surface area contributed by atoms with Gasteiger partial charge in [-0.1, -0.05) is 6.08 Å². The standard InChI is InChI=1S/C16H17NO5/c1-20-12-9-11(10-13(21-2)16(12)22-3)6-7-15(19)17-8-4-5-14(17)18/h4-7,9-10H,8H2,1-3H3. The maximum Gasteiger partial charge on any atom is 0.253 e. The lowest BCUT2D eigenvalue weighted by Gasteiger charge is -2.13. The van der Waals surface area contributed by atoms with Crippen LogP contribution >= 0.6 is 0 Å². The molecular weight excluding hydrogens is 286 g/mol. The van der Waals surface area contributed by atoms with E-state index in [1.165, 1.54) is 33.5 Å². The van der Waals surface area contributed by atoms with Crippen LogP contribution in [0.15, 0.2) is 30.4 Å². The Morgan fingerprint density at radius 3 is 2.23 bits per heavy atom. The van der Waals surface area contributed by atoms with Crippen LogP contribution in [0.4, 0.5) is 0 Å². The van der Waals surface area contributed by atoms with E-state index in [-0.39, 0.29) is 11.8 Å². The fraction of sp³-hybridized carbons (Fsp3) is 0.250. The molecule has 0 aromatic heterocycles. The van der Waals surface area contributed by atoms with Crippen molar-refractivity contribution < 1.29 is 23.8 Å². The molecule has 1 aliphatic rings. The molecule has 0 spiro atoms. The fourth-order valence-corrected chi connectivity index (χ4v) is 2.09. The van der Waals surface area contributed by atoms with Gasteiger partial charge in [0.1, 0.15) is 0 Å². The van der Waals surface area contributed by atoms with Crippen LogP contribution in [0.5, 0.6) is 17.2 Å². The van der Waals surface area contributed by atoms with Gasteiger partial charge < -0.3 is 14.2 Å². The number of nitrogens with zero attached hydrogens (tertiary/aromatic N) is 1. The van der Waals surface area contributed by atoms with Crippen molar-refractivity contribution >= 4 is 17.9 Å². The Labute approximate surface area is 128 Å². The largest absolute Gasteiger partial charge is 0.493 e. The lowest BCUT2D eigenvalue weighted by Crippen LogP contribution is -2.30. The van der Waals surface area contributed by atoms with E-state index in [0.29, 0.717) is 29.4 Å². The molecule has 116 valence electrons. The van der Waals surface area contributed by atoms with E-state index in [1.807, 2.05) is 0 Å². The quantitative estimate of drug-likeness (QED) is 0.774. The van der Waals surface area contributed by atoms with Gasteiger partial charge in [-0.15, -0.1) is 0 Å². The molecular formula is C16H17NO5. The SMILES string of the molecule is COc1cc(C=CC(=O)N2CC=CC2=O)cc(OC)c1OC. The van der Waals surface area contributed by atoms with Gasteiger partial charge in [-0.2, -0.15) is 0 Å². The van der Waals surface area contributed by atoms with Gasteiger partial charge in [0, 0.05) is 18.7 Å². The van der Waals surface area contributed by atoms with Crippen molar-refractivity contribution in [2.45, 2.75) is 0 Å². The zero-order valence-corrected chi connectivity index (χ0v) is 12.7. The average Bonchev–Trinajstić information content (AvgIpc) is 2.97. The molecule has 2 amide bonds. The molecule has 1 heterocycles. The summed E-state index contributed by atoms with van der Waals surface area (Å²) in [6.45, 7) is 0.303. The number of hydrogen-bond acceptors (Lipinski definition) is 5. The second-order valence-corrected chi connectivity index (χ2v) is 4.48. The van der Waals surface area contributed by atoms with E-state index in [9.17, 15) is 9.59 Å². The highest BCUT2D eigenvalue weighted by Crippen LogP contribution is 2.38. The van der Waals surface area contributed by atoms with Gasteiger partial charge in [0.25, 0.3) is 11.8 Å². The molecule has 1 aromatic rings. The molecule has 0 bridgehead atoms. The van der Waals surface area contributed by atoms with Crippen molar-refractivity contribution in [3.8, 4) is 17.2 Å². The lowest BCUT2D eigenvalue weighted by atomic mass is 10.1. The number of hydrogen-bond donors (Lipinski definition) is 0. The summed E-state index contributed by atoms with van der Waals surface area (Å²) >= 11 is 0. The van der Waals surface area contributed by atoms with Crippen LogP contribution < -0.4 is 14.2 Å². The third kappa shape index (κ3) is 3.11. The molecule has 1 aliphatic heterocycles. The van der Waals surface area contributed by atoms with Gasteiger partial charge in [-0.25, -0.2) is 0 Å². The molecule has 0 atom stereocenters. The first-order chi connectivity index (χ1) is 10.6.